The number of benzene rings is 1. The van der Waals surface area contributed by atoms with Gasteiger partial charge in [0.2, 0.25) is 11.9 Å². The number of hydrogen-bond donors (Lipinski definition) is 2. The molecule has 9 heteroatoms. The van der Waals surface area contributed by atoms with Crippen LogP contribution >= 0.6 is 23.2 Å². The maximum Gasteiger partial charge on any atom is 0.237 e. The third-order valence-electron chi connectivity index (χ3n) is 5.00. The fourth-order valence-electron chi connectivity index (χ4n) is 3.41. The first-order chi connectivity index (χ1) is 14.5. The van der Waals surface area contributed by atoms with Crippen LogP contribution < -0.4 is 10.6 Å². The summed E-state index contributed by atoms with van der Waals surface area (Å²) in [5, 5.41) is 6.64. The van der Waals surface area contributed by atoms with Gasteiger partial charge in [-0.3, -0.25) is 9.59 Å². The third-order valence-corrected chi connectivity index (χ3v) is 5.53. The number of piperidine rings is 1. The second kappa shape index (κ2) is 10.6. The van der Waals surface area contributed by atoms with E-state index in [0.717, 1.165) is 36.2 Å². The van der Waals surface area contributed by atoms with Crippen molar-refractivity contribution in [3.05, 3.63) is 41.6 Å². The van der Waals surface area contributed by atoms with Crippen LogP contribution in [0.3, 0.4) is 0 Å². The first kappa shape index (κ1) is 22.3. The van der Waals surface area contributed by atoms with Gasteiger partial charge in [0, 0.05) is 43.0 Å². The summed E-state index contributed by atoms with van der Waals surface area (Å²) in [5.74, 6) is 1.03. The molecule has 1 aromatic heterocycles. The number of nitrogens with zero attached hydrogens (tertiary/aromatic N) is 3. The smallest absolute Gasteiger partial charge is 0.237 e. The topological polar surface area (TPSA) is 87.2 Å². The van der Waals surface area contributed by atoms with Crippen LogP contribution in [0.2, 0.25) is 0 Å². The number of carbonyl (C=O) groups is 2. The lowest BCUT2D eigenvalue weighted by Gasteiger charge is -2.32. The fourth-order valence-corrected chi connectivity index (χ4v) is 3.67. The molecule has 0 aliphatic carbocycles. The number of nitrogens with one attached hydrogen (secondary N) is 2. The van der Waals surface area contributed by atoms with Crippen molar-refractivity contribution >= 4 is 52.3 Å². The van der Waals surface area contributed by atoms with Gasteiger partial charge in [0.1, 0.15) is 11.7 Å². The molecule has 1 aliphatic rings. The third kappa shape index (κ3) is 5.83. The predicted molar refractivity (Wildman–Crippen MR) is 120 cm³/mol. The number of rotatable bonds is 8. The van der Waals surface area contributed by atoms with Gasteiger partial charge < -0.3 is 15.5 Å². The van der Waals surface area contributed by atoms with Crippen LogP contribution in [-0.2, 0) is 16.0 Å². The van der Waals surface area contributed by atoms with Crippen LogP contribution in [0.15, 0.2) is 30.5 Å². The Kier molecular flexibility index (Phi) is 7.87. The quantitative estimate of drug-likeness (QED) is 0.599. The molecule has 1 fully saturated rings. The van der Waals surface area contributed by atoms with Gasteiger partial charge in [-0.05, 0) is 31.4 Å². The Bertz CT molecular complexity index is 909. The molecule has 0 radical (unpaired) electrons. The molecule has 1 saturated heterocycles. The summed E-state index contributed by atoms with van der Waals surface area (Å²) in [4.78, 5) is 34.5. The molecule has 3 rings (SSSR count). The van der Waals surface area contributed by atoms with E-state index in [4.69, 9.17) is 23.2 Å². The number of likely N-dealkylation sites (tertiary alicyclic amines) is 1. The molecule has 2 heterocycles. The van der Waals surface area contributed by atoms with Crippen molar-refractivity contribution in [1.29, 1.82) is 0 Å². The zero-order valence-electron chi connectivity index (χ0n) is 16.8. The molecule has 7 nitrogen and oxygen atoms in total. The molecule has 1 atom stereocenters. The number of hydrogen-bond acceptors (Lipinski definition) is 6. The Morgan fingerprint density at radius 2 is 2.03 bits per heavy atom. The standard InChI is InChI=1S/C21H25Cl2N5O2/c1-14-12-24-21(25-16-6-4-8-28(13-16)19(30)11-23)27-20(14)26-18-7-3-2-5-15(18)9-17(29)10-22/h2-3,5,7,12,16H,4,6,8-11,13H2,1H3,(H2,24,25,26,27)/t16-/m0/s1. The van der Waals surface area contributed by atoms with Gasteiger partial charge in [-0.2, -0.15) is 4.98 Å². The molecule has 30 heavy (non-hydrogen) atoms. The van der Waals surface area contributed by atoms with Crippen LogP contribution in [0.5, 0.6) is 0 Å². The Labute approximate surface area is 186 Å². The number of amides is 1. The van der Waals surface area contributed by atoms with Crippen LogP contribution in [0.25, 0.3) is 0 Å². The molecular formula is C21H25Cl2N5O2. The van der Waals surface area contributed by atoms with E-state index in [-0.39, 0.29) is 35.9 Å². The molecule has 2 aromatic rings. The summed E-state index contributed by atoms with van der Waals surface area (Å²) in [6, 6.07) is 7.65. The molecule has 0 unspecified atom stereocenters. The average molecular weight is 450 g/mol. The number of anilines is 3. The molecular weight excluding hydrogens is 425 g/mol. The summed E-state index contributed by atoms with van der Waals surface area (Å²) in [6.07, 6.45) is 3.83. The van der Waals surface area contributed by atoms with Crippen molar-refractivity contribution in [3.63, 3.8) is 0 Å². The molecule has 0 bridgehead atoms. The number of Topliss-reactive ketones (excluding diaryl/α,β-unsaturated/α-hetero) is 1. The first-order valence-electron chi connectivity index (χ1n) is 9.86. The molecule has 2 N–H and O–H groups in total. The highest BCUT2D eigenvalue weighted by Crippen LogP contribution is 2.24. The van der Waals surface area contributed by atoms with Crippen molar-refractivity contribution in [3.8, 4) is 0 Å². The lowest BCUT2D eigenvalue weighted by molar-refractivity contribution is -0.129. The van der Waals surface area contributed by atoms with E-state index in [0.29, 0.717) is 18.3 Å². The maximum atomic E-state index is 11.9. The van der Waals surface area contributed by atoms with Crippen molar-refractivity contribution in [2.75, 3.05) is 35.5 Å². The van der Waals surface area contributed by atoms with Crippen molar-refractivity contribution in [2.24, 2.45) is 0 Å². The minimum atomic E-state index is -0.0570. The highest BCUT2D eigenvalue weighted by Gasteiger charge is 2.23. The lowest BCUT2D eigenvalue weighted by Crippen LogP contribution is -2.45. The number of ketones is 1. The number of para-hydroxylation sites is 1. The van der Waals surface area contributed by atoms with Crippen molar-refractivity contribution < 1.29 is 9.59 Å². The van der Waals surface area contributed by atoms with E-state index in [1.165, 1.54) is 0 Å². The molecule has 0 saturated carbocycles. The van der Waals surface area contributed by atoms with Gasteiger partial charge in [-0.1, -0.05) is 18.2 Å². The summed E-state index contributed by atoms with van der Waals surface area (Å²) in [6.45, 7) is 3.22. The van der Waals surface area contributed by atoms with E-state index < -0.39 is 0 Å². The molecule has 160 valence electrons. The monoisotopic (exact) mass is 449 g/mol. The van der Waals surface area contributed by atoms with E-state index in [9.17, 15) is 9.59 Å². The summed E-state index contributed by atoms with van der Waals surface area (Å²) >= 11 is 11.4. The molecule has 0 spiro atoms. The van der Waals surface area contributed by atoms with Gasteiger partial charge in [-0.15, -0.1) is 23.2 Å². The molecule has 1 aliphatic heterocycles. The Hall–Kier alpha value is -2.38. The minimum Gasteiger partial charge on any atom is -0.350 e. The van der Waals surface area contributed by atoms with Gasteiger partial charge >= 0.3 is 0 Å². The van der Waals surface area contributed by atoms with E-state index in [1.54, 1.807) is 11.1 Å². The zero-order chi connectivity index (χ0) is 21.5. The minimum absolute atomic E-state index is 0.00650. The van der Waals surface area contributed by atoms with Crippen LogP contribution in [0, 0.1) is 6.92 Å². The zero-order valence-corrected chi connectivity index (χ0v) is 18.3. The number of carbonyl (C=O) groups excluding carboxylic acids is 2. The van der Waals surface area contributed by atoms with Crippen LogP contribution in [-0.4, -0.2) is 57.4 Å². The van der Waals surface area contributed by atoms with Crippen LogP contribution in [0.1, 0.15) is 24.0 Å². The van der Waals surface area contributed by atoms with Crippen LogP contribution in [0.4, 0.5) is 17.5 Å². The number of aryl methyl sites for hydroxylation is 1. The van der Waals surface area contributed by atoms with Gasteiger partial charge in [-0.25, -0.2) is 4.98 Å². The summed E-state index contributed by atoms with van der Waals surface area (Å²) in [7, 11) is 0. The fraction of sp³-hybridized carbons (Fsp3) is 0.429. The normalized spacial score (nSPS) is 16.2. The number of aromatic nitrogens is 2. The summed E-state index contributed by atoms with van der Waals surface area (Å²) in [5.41, 5.74) is 2.54. The highest BCUT2D eigenvalue weighted by molar-refractivity contribution is 6.28. The van der Waals surface area contributed by atoms with E-state index in [2.05, 4.69) is 20.6 Å². The predicted octanol–water partition coefficient (Wildman–Crippen LogP) is 3.52. The average Bonchev–Trinajstić information content (AvgIpc) is 2.76. The van der Waals surface area contributed by atoms with Gasteiger partial charge in [0.25, 0.3) is 0 Å². The highest BCUT2D eigenvalue weighted by atomic mass is 35.5. The molecule has 1 aromatic carbocycles. The number of alkyl halides is 2. The van der Waals surface area contributed by atoms with Crippen molar-refractivity contribution in [1.82, 2.24) is 14.9 Å². The van der Waals surface area contributed by atoms with Gasteiger partial charge in [0.05, 0.1) is 5.88 Å². The maximum absolute atomic E-state index is 11.9. The second-order valence-electron chi connectivity index (χ2n) is 7.31. The Morgan fingerprint density at radius 3 is 2.80 bits per heavy atom. The lowest BCUT2D eigenvalue weighted by atomic mass is 10.1. The Morgan fingerprint density at radius 1 is 1.23 bits per heavy atom. The SMILES string of the molecule is Cc1cnc(N[C@H]2CCCN(C(=O)CCl)C2)nc1Nc1ccccc1CC(=O)CCl. The Balaban J connectivity index is 1.73. The largest absolute Gasteiger partial charge is 0.350 e. The first-order valence-corrected chi connectivity index (χ1v) is 10.9. The van der Waals surface area contributed by atoms with Crippen molar-refractivity contribution in [2.45, 2.75) is 32.2 Å². The second-order valence-corrected chi connectivity index (χ2v) is 7.85. The summed E-state index contributed by atoms with van der Waals surface area (Å²) < 4.78 is 0. The van der Waals surface area contributed by atoms with E-state index >= 15 is 0 Å². The molecule has 1 amide bonds. The van der Waals surface area contributed by atoms with Gasteiger partial charge in [0.15, 0.2) is 5.78 Å². The van der Waals surface area contributed by atoms with E-state index in [1.807, 2.05) is 31.2 Å². The number of halogens is 2.